The lowest BCUT2D eigenvalue weighted by Crippen LogP contribution is -2.19. The Balaban J connectivity index is 2.24. The molecule has 0 aliphatic carbocycles. The molecular formula is C14H13Br2N3O2. The van der Waals surface area contributed by atoms with Gasteiger partial charge in [0.05, 0.1) is 23.3 Å². The van der Waals surface area contributed by atoms with E-state index in [2.05, 4.69) is 31.9 Å². The highest BCUT2D eigenvalue weighted by Crippen LogP contribution is 2.33. The number of nitrogens with zero attached hydrogens (tertiary/aromatic N) is 2. The van der Waals surface area contributed by atoms with Crippen LogP contribution in [0.1, 0.15) is 17.2 Å². The molecule has 0 fully saturated rings. The lowest BCUT2D eigenvalue weighted by molar-refractivity contribution is 0.534. The van der Waals surface area contributed by atoms with E-state index in [9.17, 15) is 4.79 Å². The summed E-state index contributed by atoms with van der Waals surface area (Å²) in [6.07, 6.45) is 1.59. The van der Waals surface area contributed by atoms with Crippen molar-refractivity contribution in [3.05, 3.63) is 55.2 Å². The molecule has 2 aromatic heterocycles. The fraction of sp³-hybridized carbons (Fsp3) is 0.214. The van der Waals surface area contributed by atoms with E-state index in [1.807, 2.05) is 18.2 Å². The summed E-state index contributed by atoms with van der Waals surface area (Å²) in [5.41, 5.74) is 9.72. The van der Waals surface area contributed by atoms with Gasteiger partial charge in [0.1, 0.15) is 0 Å². The van der Waals surface area contributed by atoms with Gasteiger partial charge >= 0.3 is 5.69 Å². The minimum Gasteiger partial charge on any atom is -0.457 e. The van der Waals surface area contributed by atoms with E-state index in [-0.39, 0.29) is 11.7 Å². The average Bonchev–Trinajstić information content (AvgIpc) is 2.97. The summed E-state index contributed by atoms with van der Waals surface area (Å²) in [5.74, 6) is 0. The zero-order valence-electron chi connectivity index (χ0n) is 11.4. The first-order chi connectivity index (χ1) is 9.91. The van der Waals surface area contributed by atoms with E-state index in [1.54, 1.807) is 29.5 Å². The Morgan fingerprint density at radius 1 is 1.14 bits per heavy atom. The smallest absolute Gasteiger partial charge is 0.328 e. The Labute approximate surface area is 137 Å². The van der Waals surface area contributed by atoms with Crippen molar-refractivity contribution in [2.75, 3.05) is 0 Å². The molecule has 2 heterocycles. The van der Waals surface area contributed by atoms with Crippen LogP contribution in [-0.2, 0) is 14.1 Å². The van der Waals surface area contributed by atoms with Crippen LogP contribution in [0.5, 0.6) is 0 Å². The second-order valence-corrected chi connectivity index (χ2v) is 6.46. The number of benzene rings is 1. The van der Waals surface area contributed by atoms with Crippen molar-refractivity contribution in [2.24, 2.45) is 19.8 Å². The number of hydrogen-bond acceptors (Lipinski definition) is 3. The third-order valence-corrected chi connectivity index (χ3v) is 5.04. The van der Waals surface area contributed by atoms with Gasteiger partial charge in [0.25, 0.3) is 0 Å². The molecule has 3 rings (SSSR count). The summed E-state index contributed by atoms with van der Waals surface area (Å²) in [7, 11) is 3.50. The number of aromatic nitrogens is 2. The molecule has 0 radical (unpaired) electrons. The Morgan fingerprint density at radius 3 is 2.33 bits per heavy atom. The number of imidazole rings is 1. The summed E-state index contributed by atoms with van der Waals surface area (Å²) in [6, 6.07) is 5.33. The van der Waals surface area contributed by atoms with E-state index in [4.69, 9.17) is 10.2 Å². The molecule has 0 saturated carbocycles. The molecule has 1 unspecified atom stereocenters. The molecule has 1 atom stereocenters. The first-order valence-electron chi connectivity index (χ1n) is 6.25. The van der Waals surface area contributed by atoms with Crippen LogP contribution in [0.2, 0.25) is 0 Å². The lowest BCUT2D eigenvalue weighted by atomic mass is 10.0. The van der Waals surface area contributed by atoms with Crippen LogP contribution < -0.4 is 11.4 Å². The minimum atomic E-state index is -0.354. The van der Waals surface area contributed by atoms with Crippen molar-refractivity contribution in [1.29, 1.82) is 0 Å². The summed E-state index contributed by atoms with van der Waals surface area (Å²) >= 11 is 6.89. The van der Waals surface area contributed by atoms with Gasteiger partial charge in [-0.05, 0) is 39.7 Å². The number of halogens is 2. The molecule has 110 valence electrons. The Morgan fingerprint density at radius 2 is 1.76 bits per heavy atom. The number of aryl methyl sites for hydroxylation is 2. The molecule has 0 spiro atoms. The van der Waals surface area contributed by atoms with Crippen molar-refractivity contribution in [2.45, 2.75) is 6.04 Å². The largest absolute Gasteiger partial charge is 0.457 e. The van der Waals surface area contributed by atoms with Crippen LogP contribution in [0, 0.1) is 0 Å². The van der Waals surface area contributed by atoms with Crippen LogP contribution in [0.3, 0.4) is 0 Å². The monoisotopic (exact) mass is 413 g/mol. The molecule has 5 nitrogen and oxygen atoms in total. The molecular weight excluding hydrogens is 402 g/mol. The van der Waals surface area contributed by atoms with E-state index < -0.39 is 0 Å². The fourth-order valence-corrected chi connectivity index (χ4v) is 3.53. The number of nitrogens with two attached hydrogens (primary N) is 1. The Hall–Kier alpha value is -1.31. The van der Waals surface area contributed by atoms with Crippen molar-refractivity contribution in [3.8, 4) is 0 Å². The topological polar surface area (TPSA) is 66.1 Å². The summed E-state index contributed by atoms with van der Waals surface area (Å²) in [5, 5.41) is 0. The fourth-order valence-electron chi connectivity index (χ4n) is 2.47. The van der Waals surface area contributed by atoms with Crippen LogP contribution in [0.15, 0.2) is 42.8 Å². The van der Waals surface area contributed by atoms with Crippen molar-refractivity contribution < 1.29 is 4.42 Å². The highest BCUT2D eigenvalue weighted by molar-refractivity contribution is 9.10. The van der Waals surface area contributed by atoms with Gasteiger partial charge in [-0.1, -0.05) is 15.9 Å². The first-order valence-corrected chi connectivity index (χ1v) is 7.83. The molecule has 0 amide bonds. The van der Waals surface area contributed by atoms with Crippen molar-refractivity contribution in [3.63, 3.8) is 0 Å². The zero-order valence-corrected chi connectivity index (χ0v) is 14.6. The second kappa shape index (κ2) is 5.15. The molecule has 3 aromatic rings. The number of hydrogen-bond donors (Lipinski definition) is 1. The molecule has 0 bridgehead atoms. The van der Waals surface area contributed by atoms with Crippen LogP contribution in [0.25, 0.3) is 11.0 Å². The van der Waals surface area contributed by atoms with E-state index >= 15 is 0 Å². The summed E-state index contributed by atoms with van der Waals surface area (Å²) in [4.78, 5) is 12.0. The molecule has 0 aliphatic rings. The number of rotatable bonds is 2. The summed E-state index contributed by atoms with van der Waals surface area (Å²) < 4.78 is 9.94. The third-order valence-electron chi connectivity index (χ3n) is 3.71. The van der Waals surface area contributed by atoms with Gasteiger partial charge in [-0.2, -0.15) is 0 Å². The predicted molar refractivity (Wildman–Crippen MR) is 88.3 cm³/mol. The standard InChI is InChI=1S/C14H13Br2N3O2/c1-18-10-5-8(12(17)7-3-4-21-13(7)16)9(15)6-11(10)19(2)14(18)20/h3-6,12H,17H2,1-2H3. The van der Waals surface area contributed by atoms with Gasteiger partial charge in [-0.15, -0.1) is 0 Å². The van der Waals surface area contributed by atoms with Gasteiger partial charge in [0.15, 0.2) is 4.67 Å². The van der Waals surface area contributed by atoms with Crippen molar-refractivity contribution in [1.82, 2.24) is 9.13 Å². The number of fused-ring (bicyclic) bond motifs is 1. The molecule has 1 aromatic carbocycles. The molecule has 0 aliphatic heterocycles. The maximum absolute atomic E-state index is 12.0. The molecule has 7 heteroatoms. The highest BCUT2D eigenvalue weighted by atomic mass is 79.9. The maximum Gasteiger partial charge on any atom is 0.328 e. The Bertz CT molecular complexity index is 892. The Kier molecular flexibility index (Phi) is 3.59. The normalized spacial score (nSPS) is 13.0. The molecule has 2 N–H and O–H groups in total. The van der Waals surface area contributed by atoms with Crippen molar-refractivity contribution >= 4 is 42.9 Å². The van der Waals surface area contributed by atoms with Gasteiger partial charge < -0.3 is 10.2 Å². The average molecular weight is 415 g/mol. The van der Waals surface area contributed by atoms with Gasteiger partial charge in [0, 0.05) is 24.1 Å². The lowest BCUT2D eigenvalue weighted by Gasteiger charge is -2.13. The predicted octanol–water partition coefficient (Wildman–Crippen LogP) is 3.04. The van der Waals surface area contributed by atoms with Gasteiger partial charge in [-0.3, -0.25) is 9.13 Å². The second-order valence-electron chi connectivity index (χ2n) is 4.89. The quantitative estimate of drug-likeness (QED) is 0.700. The molecule has 21 heavy (non-hydrogen) atoms. The van der Waals surface area contributed by atoms with Gasteiger partial charge in [0.2, 0.25) is 0 Å². The van der Waals surface area contributed by atoms with Crippen LogP contribution >= 0.6 is 31.9 Å². The highest BCUT2D eigenvalue weighted by Gasteiger charge is 2.19. The van der Waals surface area contributed by atoms with Crippen LogP contribution in [0.4, 0.5) is 0 Å². The first kappa shape index (κ1) is 14.6. The van der Waals surface area contributed by atoms with E-state index in [0.717, 1.165) is 26.6 Å². The molecule has 0 saturated heterocycles. The zero-order chi connectivity index (χ0) is 15.3. The maximum atomic E-state index is 12.0. The minimum absolute atomic E-state index is 0.0629. The van der Waals surface area contributed by atoms with Gasteiger partial charge in [-0.25, -0.2) is 4.79 Å². The SMILES string of the molecule is Cn1c(=O)n(C)c2cc(C(N)c3ccoc3Br)c(Br)cc21. The number of furan rings is 1. The summed E-state index contributed by atoms with van der Waals surface area (Å²) in [6.45, 7) is 0. The van der Waals surface area contributed by atoms with E-state index in [0.29, 0.717) is 4.67 Å². The van der Waals surface area contributed by atoms with E-state index in [1.165, 1.54) is 0 Å². The third kappa shape index (κ3) is 2.20. The van der Waals surface area contributed by atoms with Crippen LogP contribution in [-0.4, -0.2) is 9.13 Å².